The molecule has 1 unspecified atom stereocenters. The lowest BCUT2D eigenvalue weighted by Crippen LogP contribution is -2.07. The molecule has 0 aliphatic heterocycles. The number of aromatic nitrogens is 2. The van der Waals surface area contributed by atoms with Crippen molar-refractivity contribution >= 4 is 0 Å². The maximum atomic E-state index is 13.6. The summed E-state index contributed by atoms with van der Waals surface area (Å²) < 4.78 is 21.4. The number of hydrogen-bond acceptors (Lipinski definition) is 2. The summed E-state index contributed by atoms with van der Waals surface area (Å²) in [5.74, 6) is 0.847. The zero-order valence-electron chi connectivity index (χ0n) is 13.8. The van der Waals surface area contributed by atoms with Gasteiger partial charge in [0.2, 0.25) is 0 Å². The van der Waals surface area contributed by atoms with E-state index < -0.39 is 0 Å². The summed E-state index contributed by atoms with van der Waals surface area (Å²) in [5, 5.41) is 4.33. The molecule has 0 amide bonds. The van der Waals surface area contributed by atoms with Crippen LogP contribution in [0.4, 0.5) is 4.39 Å². The second-order valence-electron chi connectivity index (χ2n) is 6.12. The van der Waals surface area contributed by atoms with Crippen LogP contribution in [-0.2, 0) is 6.54 Å². The molecule has 120 valence electrons. The monoisotopic (exact) mass is 304 g/mol. The van der Waals surface area contributed by atoms with Gasteiger partial charge in [0, 0.05) is 24.7 Å². The standard InChI is InChI=1S/C18H25FN2O/c1-5-6-21-11-16(10-20-21)14(4)12-22-18-8-15(13(2)3)7-17(19)9-18/h7-11,13-14H,5-6,12H2,1-4H3. The molecule has 0 aliphatic rings. The van der Waals surface area contributed by atoms with Gasteiger partial charge in [0.1, 0.15) is 11.6 Å². The number of halogens is 1. The first kappa shape index (κ1) is 16.5. The molecule has 2 aromatic rings. The minimum Gasteiger partial charge on any atom is -0.493 e. The topological polar surface area (TPSA) is 27.1 Å². The Morgan fingerprint density at radius 2 is 1.95 bits per heavy atom. The molecule has 1 aromatic heterocycles. The number of hydrogen-bond donors (Lipinski definition) is 0. The molecule has 0 saturated heterocycles. The largest absolute Gasteiger partial charge is 0.493 e. The molecule has 0 spiro atoms. The van der Waals surface area contributed by atoms with Gasteiger partial charge >= 0.3 is 0 Å². The first-order chi connectivity index (χ1) is 10.5. The van der Waals surface area contributed by atoms with E-state index in [2.05, 4.69) is 25.1 Å². The molecule has 2 rings (SSSR count). The maximum Gasteiger partial charge on any atom is 0.127 e. The molecule has 3 nitrogen and oxygen atoms in total. The van der Waals surface area contributed by atoms with Crippen LogP contribution in [0, 0.1) is 5.82 Å². The van der Waals surface area contributed by atoms with Crippen LogP contribution in [0.25, 0.3) is 0 Å². The molecule has 1 aromatic carbocycles. The Balaban J connectivity index is 1.99. The average molecular weight is 304 g/mol. The van der Waals surface area contributed by atoms with Gasteiger partial charge in [0.15, 0.2) is 0 Å². The molecule has 0 radical (unpaired) electrons. The van der Waals surface area contributed by atoms with Gasteiger partial charge < -0.3 is 4.74 Å². The Morgan fingerprint density at radius 1 is 1.18 bits per heavy atom. The summed E-state index contributed by atoms with van der Waals surface area (Å²) in [6.07, 6.45) is 5.00. The van der Waals surface area contributed by atoms with E-state index >= 15 is 0 Å². The van der Waals surface area contributed by atoms with Gasteiger partial charge in [-0.05, 0) is 35.6 Å². The van der Waals surface area contributed by atoms with Gasteiger partial charge in [0.05, 0.1) is 12.8 Å². The van der Waals surface area contributed by atoms with Gasteiger partial charge in [-0.2, -0.15) is 5.10 Å². The predicted octanol–water partition coefficient (Wildman–Crippen LogP) is 4.74. The zero-order valence-corrected chi connectivity index (χ0v) is 13.8. The van der Waals surface area contributed by atoms with Crippen molar-refractivity contribution in [3.05, 3.63) is 47.5 Å². The fourth-order valence-corrected chi connectivity index (χ4v) is 2.30. The minimum absolute atomic E-state index is 0.219. The van der Waals surface area contributed by atoms with Gasteiger partial charge in [-0.15, -0.1) is 0 Å². The van der Waals surface area contributed by atoms with Gasteiger partial charge in [-0.1, -0.05) is 27.7 Å². The highest BCUT2D eigenvalue weighted by atomic mass is 19.1. The molecule has 0 saturated carbocycles. The van der Waals surface area contributed by atoms with E-state index in [-0.39, 0.29) is 17.7 Å². The molecular weight excluding hydrogens is 279 g/mol. The summed E-state index contributed by atoms with van der Waals surface area (Å²) in [7, 11) is 0. The second-order valence-corrected chi connectivity index (χ2v) is 6.12. The minimum atomic E-state index is -0.246. The first-order valence-corrected chi connectivity index (χ1v) is 7.95. The fourth-order valence-electron chi connectivity index (χ4n) is 2.30. The highest BCUT2D eigenvalue weighted by molar-refractivity contribution is 5.31. The van der Waals surface area contributed by atoms with Crippen LogP contribution in [0.15, 0.2) is 30.6 Å². The predicted molar refractivity (Wildman–Crippen MR) is 86.9 cm³/mol. The van der Waals surface area contributed by atoms with Crippen molar-refractivity contribution in [2.45, 2.75) is 52.5 Å². The average Bonchev–Trinajstić information content (AvgIpc) is 2.93. The normalized spacial score (nSPS) is 12.6. The first-order valence-electron chi connectivity index (χ1n) is 7.95. The number of rotatable bonds is 7. The highest BCUT2D eigenvalue weighted by Crippen LogP contribution is 2.24. The van der Waals surface area contributed by atoms with E-state index in [1.54, 1.807) is 6.07 Å². The third kappa shape index (κ3) is 4.33. The zero-order chi connectivity index (χ0) is 16.1. The van der Waals surface area contributed by atoms with Crippen LogP contribution in [0.3, 0.4) is 0 Å². The fraction of sp³-hybridized carbons (Fsp3) is 0.500. The quantitative estimate of drug-likeness (QED) is 0.739. The Bertz CT molecular complexity index is 607. The summed E-state index contributed by atoms with van der Waals surface area (Å²) in [5.41, 5.74) is 2.10. The van der Waals surface area contributed by atoms with Gasteiger partial charge in [0.25, 0.3) is 0 Å². The summed E-state index contributed by atoms with van der Waals surface area (Å²) >= 11 is 0. The molecule has 1 heterocycles. The van der Waals surface area contributed by atoms with Crippen molar-refractivity contribution in [2.75, 3.05) is 6.61 Å². The van der Waals surface area contributed by atoms with E-state index in [1.165, 1.54) is 6.07 Å². The van der Waals surface area contributed by atoms with E-state index in [1.807, 2.05) is 30.8 Å². The number of nitrogens with zero attached hydrogens (tertiary/aromatic N) is 2. The van der Waals surface area contributed by atoms with Crippen molar-refractivity contribution in [1.29, 1.82) is 0 Å². The van der Waals surface area contributed by atoms with Gasteiger partial charge in [-0.25, -0.2) is 4.39 Å². The molecule has 0 fully saturated rings. The van der Waals surface area contributed by atoms with Gasteiger partial charge in [-0.3, -0.25) is 4.68 Å². The summed E-state index contributed by atoms with van der Waals surface area (Å²) in [4.78, 5) is 0. The third-order valence-electron chi connectivity index (χ3n) is 3.74. The number of ether oxygens (including phenoxy) is 1. The van der Waals surface area contributed by atoms with Crippen molar-refractivity contribution in [1.82, 2.24) is 9.78 Å². The lowest BCUT2D eigenvalue weighted by atomic mass is 10.0. The SMILES string of the molecule is CCCn1cc(C(C)COc2cc(F)cc(C(C)C)c2)cn1. The Morgan fingerprint density at radius 3 is 2.64 bits per heavy atom. The molecule has 0 aliphatic carbocycles. The van der Waals surface area contributed by atoms with Crippen LogP contribution >= 0.6 is 0 Å². The lowest BCUT2D eigenvalue weighted by Gasteiger charge is -2.14. The van der Waals surface area contributed by atoms with Crippen molar-refractivity contribution in [3.8, 4) is 5.75 Å². The van der Waals surface area contributed by atoms with Crippen molar-refractivity contribution in [2.24, 2.45) is 0 Å². The van der Waals surface area contributed by atoms with Crippen LogP contribution in [0.2, 0.25) is 0 Å². The molecule has 0 N–H and O–H groups in total. The number of aryl methyl sites for hydroxylation is 1. The Labute approximate surface area is 132 Å². The van der Waals surface area contributed by atoms with Crippen LogP contribution in [0.1, 0.15) is 57.1 Å². The molecule has 0 bridgehead atoms. The smallest absolute Gasteiger partial charge is 0.127 e. The Hall–Kier alpha value is -1.84. The highest BCUT2D eigenvalue weighted by Gasteiger charge is 2.11. The van der Waals surface area contributed by atoms with Crippen LogP contribution in [-0.4, -0.2) is 16.4 Å². The van der Waals surface area contributed by atoms with Crippen LogP contribution in [0.5, 0.6) is 5.75 Å². The summed E-state index contributed by atoms with van der Waals surface area (Å²) in [6.45, 7) is 9.75. The van der Waals surface area contributed by atoms with E-state index in [9.17, 15) is 4.39 Å². The Kier molecular flexibility index (Phi) is 5.58. The number of benzene rings is 1. The molecular formula is C18H25FN2O. The second kappa shape index (κ2) is 7.43. The molecule has 1 atom stereocenters. The van der Waals surface area contributed by atoms with Crippen LogP contribution < -0.4 is 4.74 Å². The van der Waals surface area contributed by atoms with Crippen molar-refractivity contribution < 1.29 is 9.13 Å². The maximum absolute atomic E-state index is 13.6. The van der Waals surface area contributed by atoms with Crippen molar-refractivity contribution in [3.63, 3.8) is 0 Å². The van der Waals surface area contributed by atoms with E-state index in [0.717, 1.165) is 24.1 Å². The summed E-state index contributed by atoms with van der Waals surface area (Å²) in [6, 6.07) is 4.93. The van der Waals surface area contributed by atoms with E-state index in [4.69, 9.17) is 4.74 Å². The van der Waals surface area contributed by atoms with E-state index in [0.29, 0.717) is 12.4 Å². The molecule has 4 heteroatoms. The molecule has 22 heavy (non-hydrogen) atoms. The third-order valence-corrected chi connectivity index (χ3v) is 3.74. The lowest BCUT2D eigenvalue weighted by molar-refractivity contribution is 0.294.